The summed E-state index contributed by atoms with van der Waals surface area (Å²) in [6, 6.07) is -0.328. The normalized spacial score (nSPS) is 19.8. The molecule has 0 aliphatic carbocycles. The molecule has 0 saturated carbocycles. The molecule has 0 aromatic heterocycles. The van der Waals surface area contributed by atoms with Crippen molar-refractivity contribution in [1.29, 1.82) is 0 Å². The number of carbonyl (C=O) groups is 1. The second-order valence-electron chi connectivity index (χ2n) is 4.70. The van der Waals surface area contributed by atoms with Gasteiger partial charge in [-0.1, -0.05) is 19.8 Å². The number of rotatable bonds is 5. The smallest absolute Gasteiger partial charge is 0.239 e. The zero-order valence-electron chi connectivity index (χ0n) is 10.2. The van der Waals surface area contributed by atoms with Gasteiger partial charge in [0.15, 0.2) is 0 Å². The van der Waals surface area contributed by atoms with Gasteiger partial charge in [-0.2, -0.15) is 0 Å². The van der Waals surface area contributed by atoms with Crippen LogP contribution >= 0.6 is 0 Å². The largest absolute Gasteiger partial charge is 0.396 e. The molecule has 0 radical (unpaired) electrons. The molecule has 1 saturated heterocycles. The molecule has 0 spiro atoms. The Morgan fingerprint density at radius 3 is 2.62 bits per heavy atom. The monoisotopic (exact) mass is 228 g/mol. The van der Waals surface area contributed by atoms with Crippen LogP contribution in [0.4, 0.5) is 0 Å². The van der Waals surface area contributed by atoms with Gasteiger partial charge >= 0.3 is 0 Å². The third-order valence-corrected chi connectivity index (χ3v) is 3.37. The Morgan fingerprint density at radius 1 is 1.50 bits per heavy atom. The van der Waals surface area contributed by atoms with Gasteiger partial charge in [0.05, 0.1) is 6.04 Å². The first-order chi connectivity index (χ1) is 7.69. The van der Waals surface area contributed by atoms with Gasteiger partial charge in [0.2, 0.25) is 5.91 Å². The van der Waals surface area contributed by atoms with Crippen molar-refractivity contribution in [3.63, 3.8) is 0 Å². The van der Waals surface area contributed by atoms with Gasteiger partial charge in [-0.05, 0) is 25.2 Å². The van der Waals surface area contributed by atoms with Gasteiger partial charge in [0.25, 0.3) is 0 Å². The van der Waals surface area contributed by atoms with Crippen LogP contribution in [0, 0.1) is 5.92 Å². The number of hydrogen-bond donors (Lipinski definition) is 2. The number of aliphatic hydroxyl groups is 1. The van der Waals surface area contributed by atoms with Gasteiger partial charge in [-0.3, -0.25) is 4.79 Å². The third-order valence-electron chi connectivity index (χ3n) is 3.37. The minimum atomic E-state index is -0.328. The second kappa shape index (κ2) is 6.86. The predicted molar refractivity (Wildman–Crippen MR) is 63.9 cm³/mol. The molecule has 3 N–H and O–H groups in total. The number of likely N-dealkylation sites (tertiary alicyclic amines) is 1. The average Bonchev–Trinajstić information content (AvgIpc) is 2.35. The SMILES string of the molecule is CCCC[C@H](N)C(=O)N1CCC(CO)CC1. The lowest BCUT2D eigenvalue weighted by Gasteiger charge is -2.32. The molecular formula is C12H24N2O2. The number of carbonyl (C=O) groups excluding carboxylic acids is 1. The summed E-state index contributed by atoms with van der Waals surface area (Å²) >= 11 is 0. The van der Waals surface area contributed by atoms with Crippen molar-refractivity contribution in [3.05, 3.63) is 0 Å². The standard InChI is InChI=1S/C12H24N2O2/c1-2-3-4-11(13)12(16)14-7-5-10(9-15)6-8-14/h10-11,15H,2-9,13H2,1H3/t11-/m0/s1. The molecule has 1 aliphatic rings. The zero-order chi connectivity index (χ0) is 12.0. The van der Waals surface area contributed by atoms with Crippen LogP contribution in [0.2, 0.25) is 0 Å². The molecule has 1 aliphatic heterocycles. The quantitative estimate of drug-likeness (QED) is 0.729. The lowest BCUT2D eigenvalue weighted by molar-refractivity contribution is -0.134. The van der Waals surface area contributed by atoms with E-state index in [9.17, 15) is 4.79 Å². The van der Waals surface area contributed by atoms with Gasteiger partial charge < -0.3 is 15.7 Å². The predicted octanol–water partition coefficient (Wildman–Crippen LogP) is 0.735. The van der Waals surface area contributed by atoms with E-state index < -0.39 is 0 Å². The van der Waals surface area contributed by atoms with E-state index in [1.165, 1.54) is 0 Å². The molecule has 4 heteroatoms. The van der Waals surface area contributed by atoms with Crippen molar-refractivity contribution in [2.45, 2.75) is 45.1 Å². The highest BCUT2D eigenvalue weighted by molar-refractivity contribution is 5.81. The first kappa shape index (κ1) is 13.5. The summed E-state index contributed by atoms with van der Waals surface area (Å²) in [7, 11) is 0. The Balaban J connectivity index is 2.32. The molecule has 1 rings (SSSR count). The first-order valence-corrected chi connectivity index (χ1v) is 6.34. The molecule has 0 aromatic carbocycles. The Bertz CT molecular complexity index is 213. The highest BCUT2D eigenvalue weighted by Crippen LogP contribution is 2.17. The maximum absolute atomic E-state index is 11.9. The fourth-order valence-corrected chi connectivity index (χ4v) is 2.12. The number of unbranched alkanes of at least 4 members (excludes halogenated alkanes) is 1. The summed E-state index contributed by atoms with van der Waals surface area (Å²) in [5.41, 5.74) is 5.86. The molecule has 1 heterocycles. The highest BCUT2D eigenvalue weighted by Gasteiger charge is 2.25. The number of amides is 1. The van der Waals surface area contributed by atoms with E-state index in [0.717, 1.165) is 45.2 Å². The third kappa shape index (κ3) is 3.76. The molecule has 0 bridgehead atoms. The van der Waals surface area contributed by atoms with Crippen LogP contribution in [0.25, 0.3) is 0 Å². The van der Waals surface area contributed by atoms with Crippen molar-refractivity contribution < 1.29 is 9.90 Å². The zero-order valence-corrected chi connectivity index (χ0v) is 10.2. The fraction of sp³-hybridized carbons (Fsp3) is 0.917. The van der Waals surface area contributed by atoms with Crippen molar-refractivity contribution in [3.8, 4) is 0 Å². The van der Waals surface area contributed by atoms with E-state index in [2.05, 4.69) is 6.92 Å². The van der Waals surface area contributed by atoms with Crippen molar-refractivity contribution in [2.24, 2.45) is 11.7 Å². The van der Waals surface area contributed by atoms with E-state index in [1.807, 2.05) is 4.90 Å². The van der Waals surface area contributed by atoms with Gasteiger partial charge in [-0.25, -0.2) is 0 Å². The van der Waals surface area contributed by atoms with Crippen LogP contribution in [0.15, 0.2) is 0 Å². The van der Waals surface area contributed by atoms with Crippen molar-refractivity contribution in [2.75, 3.05) is 19.7 Å². The molecule has 0 unspecified atom stereocenters. The summed E-state index contributed by atoms with van der Waals surface area (Å²) < 4.78 is 0. The van der Waals surface area contributed by atoms with Gasteiger partial charge in [0, 0.05) is 19.7 Å². The molecule has 0 aromatic rings. The first-order valence-electron chi connectivity index (χ1n) is 6.34. The Morgan fingerprint density at radius 2 is 2.12 bits per heavy atom. The van der Waals surface area contributed by atoms with Crippen LogP contribution in [-0.2, 0) is 4.79 Å². The Hall–Kier alpha value is -0.610. The number of nitrogens with zero attached hydrogens (tertiary/aromatic N) is 1. The van der Waals surface area contributed by atoms with Crippen LogP contribution in [-0.4, -0.2) is 41.7 Å². The number of aliphatic hydroxyl groups excluding tert-OH is 1. The van der Waals surface area contributed by atoms with Crippen molar-refractivity contribution >= 4 is 5.91 Å². The van der Waals surface area contributed by atoms with Gasteiger partial charge in [-0.15, -0.1) is 0 Å². The Kier molecular flexibility index (Phi) is 5.77. The summed E-state index contributed by atoms with van der Waals surface area (Å²) in [6.45, 7) is 3.85. The average molecular weight is 228 g/mol. The lowest BCUT2D eigenvalue weighted by atomic mass is 9.97. The molecule has 4 nitrogen and oxygen atoms in total. The summed E-state index contributed by atoms with van der Waals surface area (Å²) in [5, 5.41) is 9.01. The Labute approximate surface area is 97.8 Å². The summed E-state index contributed by atoms with van der Waals surface area (Å²) in [4.78, 5) is 13.8. The second-order valence-corrected chi connectivity index (χ2v) is 4.70. The topological polar surface area (TPSA) is 66.6 Å². The van der Waals surface area contributed by atoms with E-state index in [4.69, 9.17) is 10.8 Å². The maximum Gasteiger partial charge on any atom is 0.239 e. The van der Waals surface area contributed by atoms with Gasteiger partial charge in [0.1, 0.15) is 0 Å². The molecular weight excluding hydrogens is 204 g/mol. The molecule has 16 heavy (non-hydrogen) atoms. The maximum atomic E-state index is 11.9. The van der Waals surface area contributed by atoms with E-state index in [-0.39, 0.29) is 18.6 Å². The summed E-state index contributed by atoms with van der Waals surface area (Å²) in [5.74, 6) is 0.459. The van der Waals surface area contributed by atoms with Crippen LogP contribution in [0.1, 0.15) is 39.0 Å². The van der Waals surface area contributed by atoms with Crippen molar-refractivity contribution in [1.82, 2.24) is 4.90 Å². The minimum Gasteiger partial charge on any atom is -0.396 e. The minimum absolute atomic E-state index is 0.0878. The van der Waals surface area contributed by atoms with Crippen LogP contribution < -0.4 is 5.73 Å². The van der Waals surface area contributed by atoms with Crippen LogP contribution in [0.5, 0.6) is 0 Å². The number of hydrogen-bond acceptors (Lipinski definition) is 3. The number of nitrogens with two attached hydrogens (primary N) is 1. The van der Waals surface area contributed by atoms with E-state index >= 15 is 0 Å². The van der Waals surface area contributed by atoms with Crippen LogP contribution in [0.3, 0.4) is 0 Å². The molecule has 94 valence electrons. The van der Waals surface area contributed by atoms with E-state index in [1.54, 1.807) is 0 Å². The molecule has 1 amide bonds. The lowest BCUT2D eigenvalue weighted by Crippen LogP contribution is -2.47. The summed E-state index contributed by atoms with van der Waals surface area (Å²) in [6.07, 6.45) is 4.69. The number of piperidine rings is 1. The molecule has 1 fully saturated rings. The van der Waals surface area contributed by atoms with E-state index in [0.29, 0.717) is 5.92 Å². The highest BCUT2D eigenvalue weighted by atomic mass is 16.3. The molecule has 1 atom stereocenters. The fourth-order valence-electron chi connectivity index (χ4n) is 2.12.